The van der Waals surface area contributed by atoms with Crippen molar-refractivity contribution >= 4 is 16.7 Å². The lowest BCUT2D eigenvalue weighted by Gasteiger charge is -2.00. The lowest BCUT2D eigenvalue weighted by Crippen LogP contribution is -1.97. The molecule has 0 amide bonds. The first-order valence-corrected chi connectivity index (χ1v) is 5.43. The van der Waals surface area contributed by atoms with Crippen LogP contribution in [0.5, 0.6) is 0 Å². The van der Waals surface area contributed by atoms with Gasteiger partial charge in [0.2, 0.25) is 0 Å². The van der Waals surface area contributed by atoms with Crippen molar-refractivity contribution in [3.63, 3.8) is 0 Å². The van der Waals surface area contributed by atoms with E-state index in [2.05, 4.69) is 29.6 Å². The first-order valence-electron chi connectivity index (χ1n) is 5.43. The van der Waals surface area contributed by atoms with Crippen LogP contribution in [0.15, 0.2) is 18.2 Å². The summed E-state index contributed by atoms with van der Waals surface area (Å²) in [5.41, 5.74) is 8.72. The monoisotopic (exact) mass is 203 g/mol. The molecule has 0 radical (unpaired) electrons. The average molecular weight is 203 g/mol. The Morgan fingerprint density at radius 3 is 2.87 bits per heavy atom. The number of aryl methyl sites for hydroxylation is 2. The largest absolute Gasteiger partial charge is 0.397 e. The molecule has 0 atom stereocenters. The molecular formula is C12H17N3. The van der Waals surface area contributed by atoms with Crippen LogP contribution in [0.2, 0.25) is 0 Å². The molecule has 0 spiro atoms. The number of imidazole rings is 1. The third-order valence-electron chi connectivity index (χ3n) is 2.79. The van der Waals surface area contributed by atoms with Crippen LogP contribution in [0.25, 0.3) is 11.0 Å². The Bertz CT molecular complexity index is 471. The van der Waals surface area contributed by atoms with E-state index in [0.29, 0.717) is 0 Å². The Hall–Kier alpha value is -1.51. The van der Waals surface area contributed by atoms with Crippen molar-refractivity contribution in [2.24, 2.45) is 7.05 Å². The van der Waals surface area contributed by atoms with Crippen LogP contribution in [0, 0.1) is 0 Å². The summed E-state index contributed by atoms with van der Waals surface area (Å²) in [4.78, 5) is 4.59. The lowest BCUT2D eigenvalue weighted by atomic mass is 10.2. The summed E-state index contributed by atoms with van der Waals surface area (Å²) in [6.45, 7) is 2.19. The second-order valence-electron chi connectivity index (χ2n) is 3.91. The van der Waals surface area contributed by atoms with Crippen LogP contribution in [0.3, 0.4) is 0 Å². The molecule has 0 aliphatic heterocycles. The first kappa shape index (κ1) is 10.0. The van der Waals surface area contributed by atoms with Gasteiger partial charge in [0.05, 0.1) is 11.2 Å². The molecular weight excluding hydrogens is 186 g/mol. The normalized spacial score (nSPS) is 11.1. The minimum Gasteiger partial charge on any atom is -0.397 e. The number of hydrogen-bond donors (Lipinski definition) is 1. The number of anilines is 1. The predicted molar refractivity (Wildman–Crippen MR) is 63.7 cm³/mol. The number of benzene rings is 1. The zero-order chi connectivity index (χ0) is 10.8. The molecule has 1 heterocycles. The highest BCUT2D eigenvalue weighted by molar-refractivity contribution is 5.87. The fourth-order valence-electron chi connectivity index (χ4n) is 1.84. The number of unbranched alkanes of at least 4 members (excludes halogenated alkanes) is 1. The third-order valence-corrected chi connectivity index (χ3v) is 2.79. The van der Waals surface area contributed by atoms with Crippen LogP contribution < -0.4 is 5.73 Å². The Morgan fingerprint density at radius 2 is 2.20 bits per heavy atom. The summed E-state index contributed by atoms with van der Waals surface area (Å²) in [6, 6.07) is 5.94. The van der Waals surface area contributed by atoms with E-state index in [4.69, 9.17) is 5.73 Å². The highest BCUT2D eigenvalue weighted by Gasteiger charge is 2.08. The van der Waals surface area contributed by atoms with E-state index >= 15 is 0 Å². The number of nitrogens with zero attached hydrogens (tertiary/aromatic N) is 2. The highest BCUT2D eigenvalue weighted by atomic mass is 15.1. The summed E-state index contributed by atoms with van der Waals surface area (Å²) >= 11 is 0. The smallest absolute Gasteiger partial charge is 0.112 e. The molecule has 2 N–H and O–H groups in total. The maximum absolute atomic E-state index is 5.89. The standard InChI is InChI=1S/C12H17N3/c1-3-4-8-11-14-12-9(13)6-5-7-10(12)15(11)2/h5-7H,3-4,8,13H2,1-2H3. The summed E-state index contributed by atoms with van der Waals surface area (Å²) in [5, 5.41) is 0. The van der Waals surface area contributed by atoms with Gasteiger partial charge in [-0.05, 0) is 18.6 Å². The molecule has 1 aromatic heterocycles. The first-order chi connectivity index (χ1) is 7.24. The van der Waals surface area contributed by atoms with Crippen LogP contribution in [0.4, 0.5) is 5.69 Å². The van der Waals surface area contributed by atoms with Crippen molar-refractivity contribution in [3.05, 3.63) is 24.0 Å². The van der Waals surface area contributed by atoms with Crippen LogP contribution >= 0.6 is 0 Å². The predicted octanol–water partition coefficient (Wildman–Crippen LogP) is 2.50. The van der Waals surface area contributed by atoms with Gasteiger partial charge in [-0.15, -0.1) is 0 Å². The van der Waals surface area contributed by atoms with E-state index in [1.54, 1.807) is 0 Å². The Kier molecular flexibility index (Phi) is 2.62. The fraction of sp³-hybridized carbons (Fsp3) is 0.417. The topological polar surface area (TPSA) is 43.8 Å². The zero-order valence-electron chi connectivity index (χ0n) is 9.33. The number of nitrogens with two attached hydrogens (primary N) is 1. The van der Waals surface area contributed by atoms with Gasteiger partial charge in [-0.1, -0.05) is 19.4 Å². The molecule has 1 aromatic carbocycles. The van der Waals surface area contributed by atoms with Gasteiger partial charge in [0.15, 0.2) is 0 Å². The molecule has 3 heteroatoms. The maximum Gasteiger partial charge on any atom is 0.112 e. The van der Waals surface area contributed by atoms with Crippen LogP contribution in [-0.4, -0.2) is 9.55 Å². The summed E-state index contributed by atoms with van der Waals surface area (Å²) in [5.74, 6) is 1.13. The zero-order valence-corrected chi connectivity index (χ0v) is 9.33. The molecule has 0 fully saturated rings. The molecule has 2 rings (SSSR count). The average Bonchev–Trinajstić information content (AvgIpc) is 2.55. The van der Waals surface area contributed by atoms with Gasteiger partial charge < -0.3 is 10.3 Å². The molecule has 2 aromatic rings. The number of para-hydroxylation sites is 1. The Labute approximate surface area is 89.9 Å². The number of hydrogen-bond acceptors (Lipinski definition) is 2. The van der Waals surface area contributed by atoms with Gasteiger partial charge in [-0.2, -0.15) is 0 Å². The Balaban J connectivity index is 2.49. The minimum absolute atomic E-state index is 0.769. The lowest BCUT2D eigenvalue weighted by molar-refractivity contribution is 0.720. The van der Waals surface area contributed by atoms with Crippen molar-refractivity contribution in [1.29, 1.82) is 0 Å². The second-order valence-corrected chi connectivity index (χ2v) is 3.91. The highest BCUT2D eigenvalue weighted by Crippen LogP contribution is 2.21. The molecule has 0 saturated heterocycles. The molecule has 0 saturated carbocycles. The van der Waals surface area contributed by atoms with Crippen LogP contribution in [-0.2, 0) is 13.5 Å². The molecule has 0 aliphatic rings. The number of rotatable bonds is 3. The van der Waals surface area contributed by atoms with Crippen molar-refractivity contribution in [2.75, 3.05) is 5.73 Å². The third kappa shape index (κ3) is 1.69. The van der Waals surface area contributed by atoms with Crippen molar-refractivity contribution < 1.29 is 0 Å². The van der Waals surface area contributed by atoms with Crippen molar-refractivity contribution in [2.45, 2.75) is 26.2 Å². The maximum atomic E-state index is 5.89. The molecule has 0 bridgehead atoms. The minimum atomic E-state index is 0.769. The van der Waals surface area contributed by atoms with Gasteiger partial charge in [-0.25, -0.2) is 4.98 Å². The van der Waals surface area contributed by atoms with E-state index in [9.17, 15) is 0 Å². The van der Waals surface area contributed by atoms with Gasteiger partial charge in [0, 0.05) is 13.5 Å². The van der Waals surface area contributed by atoms with E-state index in [1.165, 1.54) is 12.8 Å². The van der Waals surface area contributed by atoms with Gasteiger partial charge in [0.1, 0.15) is 11.3 Å². The van der Waals surface area contributed by atoms with E-state index in [0.717, 1.165) is 29.0 Å². The SMILES string of the molecule is CCCCc1nc2c(N)cccc2n1C. The van der Waals surface area contributed by atoms with E-state index < -0.39 is 0 Å². The van der Waals surface area contributed by atoms with Crippen molar-refractivity contribution in [3.8, 4) is 0 Å². The second kappa shape index (κ2) is 3.93. The molecule has 0 aliphatic carbocycles. The fourth-order valence-corrected chi connectivity index (χ4v) is 1.84. The quantitative estimate of drug-likeness (QED) is 0.779. The molecule has 15 heavy (non-hydrogen) atoms. The summed E-state index contributed by atoms with van der Waals surface area (Å²) in [6.07, 6.45) is 3.40. The Morgan fingerprint density at radius 1 is 1.40 bits per heavy atom. The van der Waals surface area contributed by atoms with E-state index in [-0.39, 0.29) is 0 Å². The van der Waals surface area contributed by atoms with Crippen molar-refractivity contribution in [1.82, 2.24) is 9.55 Å². The van der Waals surface area contributed by atoms with Gasteiger partial charge >= 0.3 is 0 Å². The van der Waals surface area contributed by atoms with E-state index in [1.807, 2.05) is 12.1 Å². The summed E-state index contributed by atoms with van der Waals surface area (Å²) < 4.78 is 2.14. The number of fused-ring (bicyclic) bond motifs is 1. The van der Waals surface area contributed by atoms with Crippen LogP contribution in [0.1, 0.15) is 25.6 Å². The molecule has 80 valence electrons. The number of aromatic nitrogens is 2. The van der Waals surface area contributed by atoms with Gasteiger partial charge in [0.25, 0.3) is 0 Å². The number of nitrogen functional groups attached to an aromatic ring is 1. The molecule has 0 unspecified atom stereocenters. The molecule has 3 nitrogen and oxygen atoms in total. The van der Waals surface area contributed by atoms with Gasteiger partial charge in [-0.3, -0.25) is 0 Å². The summed E-state index contributed by atoms with van der Waals surface area (Å²) in [7, 11) is 2.06.